The van der Waals surface area contributed by atoms with Gasteiger partial charge in [0.05, 0.1) is 32.7 Å². The second-order valence-corrected chi connectivity index (χ2v) is 28.5. The van der Waals surface area contributed by atoms with Crippen molar-refractivity contribution in [3.8, 4) is 11.5 Å². The molecule has 0 saturated carbocycles. The van der Waals surface area contributed by atoms with Crippen LogP contribution < -0.4 is 30.3 Å². The predicted octanol–water partition coefficient (Wildman–Crippen LogP) is 10.5. The molecule has 12 rings (SSSR count). The second kappa shape index (κ2) is 28.2. The van der Waals surface area contributed by atoms with Gasteiger partial charge in [0.25, 0.3) is 33.4 Å². The van der Waals surface area contributed by atoms with Gasteiger partial charge in [-0.3, -0.25) is 49.2 Å². The minimum atomic E-state index is -4.62. The molecule has 1 atom stereocenters. The van der Waals surface area contributed by atoms with Crippen LogP contribution in [0.5, 0.6) is 11.5 Å². The van der Waals surface area contributed by atoms with Crippen LogP contribution in [0.25, 0.3) is 16.6 Å². The summed E-state index contributed by atoms with van der Waals surface area (Å²) < 4.78 is 36.6. The summed E-state index contributed by atoms with van der Waals surface area (Å²) in [4.78, 5) is 94.9. The summed E-state index contributed by atoms with van der Waals surface area (Å²) in [6, 6.07) is 25.1. The number of carbonyl (C=O) groups excluding carboxylic acids is 5. The van der Waals surface area contributed by atoms with Gasteiger partial charge < -0.3 is 35.1 Å². The molecule has 0 bridgehead atoms. The van der Waals surface area contributed by atoms with Crippen molar-refractivity contribution in [3.63, 3.8) is 0 Å². The lowest BCUT2D eigenvalue weighted by molar-refractivity contribution is -0.384. The molecule has 6 aromatic rings. The van der Waals surface area contributed by atoms with Crippen LogP contribution in [0.4, 0.5) is 22.7 Å². The van der Waals surface area contributed by atoms with E-state index in [0.717, 1.165) is 150 Å². The van der Waals surface area contributed by atoms with E-state index in [1.165, 1.54) is 35.0 Å². The maximum Gasteiger partial charge on any atom is 0.293 e. The first kappa shape index (κ1) is 64.9. The maximum atomic E-state index is 14.2. The van der Waals surface area contributed by atoms with Gasteiger partial charge in [0.2, 0.25) is 11.8 Å². The molecule has 5 aliphatic heterocycles. The number of sulfonamides is 1. The number of aromatic nitrogens is 2. The molecule has 0 spiro atoms. The number of anilines is 3. The van der Waals surface area contributed by atoms with E-state index >= 15 is 0 Å². The van der Waals surface area contributed by atoms with E-state index in [0.29, 0.717) is 49.3 Å². The Bertz CT molecular complexity index is 3970. The highest BCUT2D eigenvalue weighted by Crippen LogP contribution is 2.44. The number of amides is 5. The fraction of sp³-hybridized carbons (Fsp3) is 0.449. The summed E-state index contributed by atoms with van der Waals surface area (Å²) in [5.74, 6) is -2.32. The number of hydrogen-bond acceptors (Lipinski definition) is 17. The topological polar surface area (TPSA) is 265 Å². The number of ether oxygens (including phenoxy) is 1. The van der Waals surface area contributed by atoms with Crippen molar-refractivity contribution in [2.45, 2.75) is 114 Å². The first-order chi connectivity index (χ1) is 44.8. The van der Waals surface area contributed by atoms with E-state index in [1.807, 2.05) is 18.2 Å². The number of fused-ring (bicyclic) bond motifs is 2. The van der Waals surface area contributed by atoms with Crippen molar-refractivity contribution in [1.29, 1.82) is 0 Å². The number of nitrogens with one attached hydrogen (secondary N) is 5. The first-order valence-corrected chi connectivity index (χ1v) is 34.5. The summed E-state index contributed by atoms with van der Waals surface area (Å²) in [7, 11) is -4.62. The number of benzene rings is 4. The van der Waals surface area contributed by atoms with E-state index < -0.39 is 61.1 Å². The molecule has 0 radical (unpaired) electrons. The van der Waals surface area contributed by atoms with E-state index in [4.69, 9.17) is 16.3 Å². The van der Waals surface area contributed by atoms with Crippen molar-refractivity contribution < 1.29 is 42.1 Å². The highest BCUT2D eigenvalue weighted by atomic mass is 35.5. The van der Waals surface area contributed by atoms with Crippen LogP contribution in [-0.4, -0.2) is 163 Å². The Morgan fingerprint density at radius 1 is 0.806 bits per heavy atom. The number of nitrogens with zero attached hydrogens (tertiary/aromatic N) is 7. The molecule has 7 heterocycles. The summed E-state index contributed by atoms with van der Waals surface area (Å²) in [5.41, 5.74) is 6.57. The zero-order valence-electron chi connectivity index (χ0n) is 52.7. The Hall–Kier alpha value is -8.22. The van der Waals surface area contributed by atoms with Crippen LogP contribution in [0, 0.1) is 21.4 Å². The third-order valence-corrected chi connectivity index (χ3v) is 21.1. The van der Waals surface area contributed by atoms with Crippen LogP contribution in [0.15, 0.2) is 114 Å². The Morgan fingerprint density at radius 3 is 2.34 bits per heavy atom. The van der Waals surface area contributed by atoms with Crippen molar-refractivity contribution >= 4 is 90.5 Å². The number of aromatic amines is 1. The number of allylic oxidation sites excluding steroid dienone is 1. The van der Waals surface area contributed by atoms with Crippen molar-refractivity contribution in [3.05, 3.63) is 146 Å². The minimum Gasteiger partial charge on any atom is -0.455 e. The Labute approximate surface area is 547 Å². The van der Waals surface area contributed by atoms with Crippen molar-refractivity contribution in [2.24, 2.45) is 11.3 Å². The number of hydrogen-bond donors (Lipinski definition) is 5. The lowest BCUT2D eigenvalue weighted by atomic mass is 9.72. The van der Waals surface area contributed by atoms with Gasteiger partial charge in [-0.1, -0.05) is 62.1 Å². The van der Waals surface area contributed by atoms with Crippen LogP contribution >= 0.6 is 11.6 Å². The van der Waals surface area contributed by atoms with Gasteiger partial charge in [-0.2, -0.15) is 0 Å². The Morgan fingerprint density at radius 2 is 1.58 bits per heavy atom. The molecule has 4 aromatic carbocycles. The third-order valence-electron chi connectivity index (χ3n) is 19.5. The average molecular weight is 1310 g/mol. The largest absolute Gasteiger partial charge is 0.455 e. The molecule has 490 valence electrons. The number of nitro groups is 1. The van der Waals surface area contributed by atoms with E-state index in [2.05, 4.69) is 76.2 Å². The molecule has 4 fully saturated rings. The number of halogens is 1. The number of H-pyrrole nitrogens is 1. The molecule has 4 saturated heterocycles. The Balaban J connectivity index is 0.595. The van der Waals surface area contributed by atoms with Gasteiger partial charge in [0, 0.05) is 98.4 Å². The molecule has 22 nitrogen and oxygen atoms in total. The molecule has 2 aromatic heterocycles. The number of imide groups is 2. The van der Waals surface area contributed by atoms with E-state index in [1.54, 1.807) is 48.7 Å². The van der Waals surface area contributed by atoms with Gasteiger partial charge in [-0.05, 0) is 180 Å². The normalized spacial score (nSPS) is 19.7. The molecule has 6 aliphatic rings. The van der Waals surface area contributed by atoms with Gasteiger partial charge in [-0.25, -0.2) is 18.1 Å². The number of piperidine rings is 3. The standard InChI is InChI=1S/C69H81ClN12O10S/c1-69(2)26-20-48(56(41-69)46-10-12-49(70)13-11-46)44-78-34-36-80(37-35-78)51-14-16-54(61(39-51)92-52-38-47-21-28-72-64(47)74-43-52)65(84)76-93(90,91)53-15-17-57(60(40-53)82(88)89)73-42-45-22-32-79(33-23-45)50-24-30-77(31-25-50)29-6-4-3-5-27-71-58-9-7-8-55-63(58)68(87)81(67(55)86)59-18-19-62(83)75-66(59)85/h7-17,21,28,38-40,43,45,50,59,71,73H,3-6,18-20,22-27,29-37,41-42,44H2,1-2H3,(H,72,74)(H,76,84)(H,75,83,85). The minimum absolute atomic E-state index is 0.0483. The fourth-order valence-corrected chi connectivity index (χ4v) is 15.3. The number of carbonyl (C=O) groups is 5. The first-order valence-electron chi connectivity index (χ1n) is 32.7. The van der Waals surface area contributed by atoms with E-state index in [9.17, 15) is 42.5 Å². The van der Waals surface area contributed by atoms with Crippen LogP contribution in [-0.2, 0) is 19.6 Å². The smallest absolute Gasteiger partial charge is 0.293 e. The lowest BCUT2D eigenvalue weighted by Gasteiger charge is -2.42. The van der Waals surface area contributed by atoms with E-state index in [-0.39, 0.29) is 52.3 Å². The molecule has 1 aliphatic carbocycles. The summed E-state index contributed by atoms with van der Waals surface area (Å²) >= 11 is 6.28. The zero-order chi connectivity index (χ0) is 65.0. The molecule has 5 N–H and O–H groups in total. The molecule has 1 unspecified atom stereocenters. The van der Waals surface area contributed by atoms with Crippen LogP contribution in [0.2, 0.25) is 5.02 Å². The van der Waals surface area contributed by atoms with Gasteiger partial charge in [-0.15, -0.1) is 0 Å². The quantitative estimate of drug-likeness (QED) is 0.0173. The molecule has 5 amide bonds. The number of pyridine rings is 1. The summed E-state index contributed by atoms with van der Waals surface area (Å²) in [5, 5.41) is 22.9. The average Bonchev–Trinajstić information content (AvgIpc) is 1.57. The van der Waals surface area contributed by atoms with Gasteiger partial charge in [0.15, 0.2) is 0 Å². The number of piperazine rings is 1. The fourth-order valence-electron chi connectivity index (χ4n) is 14.2. The van der Waals surface area contributed by atoms with Crippen molar-refractivity contribution in [1.82, 2.24) is 39.6 Å². The molecular formula is C69H81ClN12O10S. The van der Waals surface area contributed by atoms with Crippen molar-refractivity contribution in [2.75, 3.05) is 94.1 Å². The predicted molar refractivity (Wildman–Crippen MR) is 357 cm³/mol. The molecule has 24 heteroatoms. The second-order valence-electron chi connectivity index (χ2n) is 26.4. The lowest BCUT2D eigenvalue weighted by Crippen LogP contribution is -2.54. The van der Waals surface area contributed by atoms with Crippen LogP contribution in [0.1, 0.15) is 134 Å². The molecule has 93 heavy (non-hydrogen) atoms. The zero-order valence-corrected chi connectivity index (χ0v) is 54.3. The number of unbranched alkanes of at least 4 members (excludes halogenated alkanes) is 3. The Kier molecular flexibility index (Phi) is 19.6. The third kappa shape index (κ3) is 15.1. The number of rotatable bonds is 23. The highest BCUT2D eigenvalue weighted by Gasteiger charge is 2.46. The summed E-state index contributed by atoms with van der Waals surface area (Å²) in [6.07, 6.45) is 14.7. The van der Waals surface area contributed by atoms with Gasteiger partial charge in [0.1, 0.15) is 28.9 Å². The highest BCUT2D eigenvalue weighted by molar-refractivity contribution is 7.90. The van der Waals surface area contributed by atoms with Gasteiger partial charge >= 0.3 is 0 Å². The SMILES string of the molecule is CC1(C)CCC(CN2CCN(c3ccc(C(=O)NS(=O)(=O)c4ccc(NCC5CCN(C6CCN(CCCCCCNc7cccc8c7C(=O)N(C7CCC(=O)NC7=O)C8=O)CC6)CC5)c([N+](=O)[O-])c4)c(Oc4cnc5[nH]ccc5c4)c3)CC2)=C(c2ccc(Cl)cc2)C1. The number of nitro benzene ring substituents is 1. The van der Waals surface area contributed by atoms with Crippen LogP contribution in [0.3, 0.4) is 0 Å². The molecular weight excluding hydrogens is 1220 g/mol. The maximum absolute atomic E-state index is 14.2. The summed E-state index contributed by atoms with van der Waals surface area (Å²) in [6.45, 7) is 14.6. The monoisotopic (exact) mass is 1300 g/mol. The number of likely N-dealkylation sites (tertiary alicyclic amines) is 2.